The molecule has 2 rings (SSSR count). The summed E-state index contributed by atoms with van der Waals surface area (Å²) in [6, 6.07) is 0. The van der Waals surface area contributed by atoms with E-state index >= 15 is 0 Å². The van der Waals surface area contributed by atoms with Crippen molar-refractivity contribution in [2.75, 3.05) is 5.75 Å². The summed E-state index contributed by atoms with van der Waals surface area (Å²) in [7, 11) is 0. The van der Waals surface area contributed by atoms with Gasteiger partial charge in [0.1, 0.15) is 12.2 Å². The van der Waals surface area contributed by atoms with Gasteiger partial charge in [0.05, 0.1) is 0 Å². The van der Waals surface area contributed by atoms with E-state index in [2.05, 4.69) is 14.5 Å². The molecule has 0 spiro atoms. The number of nitrogens with zero attached hydrogens (tertiary/aromatic N) is 3. The van der Waals surface area contributed by atoms with Gasteiger partial charge in [0.15, 0.2) is 4.34 Å². The monoisotopic (exact) mass is 244 g/mol. The molecule has 1 heterocycles. The lowest BCUT2D eigenvalue weighted by atomic mass is 10.1. The molecule has 1 aliphatic carbocycles. The average molecular weight is 244 g/mol. The van der Waals surface area contributed by atoms with Crippen molar-refractivity contribution >= 4 is 29.1 Å². The smallest absolute Gasteiger partial charge is 0.169 e. The molecule has 1 saturated carbocycles. The molecule has 5 nitrogen and oxygen atoms in total. The van der Waals surface area contributed by atoms with Crippen molar-refractivity contribution < 1.29 is 5.21 Å². The van der Waals surface area contributed by atoms with E-state index in [0.717, 1.165) is 22.9 Å². The fourth-order valence-corrected chi connectivity index (χ4v) is 3.15. The lowest BCUT2D eigenvalue weighted by molar-refractivity contribution is 0.315. The van der Waals surface area contributed by atoms with Crippen molar-refractivity contribution in [1.29, 1.82) is 0 Å². The normalized spacial score (nSPS) is 19.1. The van der Waals surface area contributed by atoms with Crippen LogP contribution in [0.25, 0.3) is 0 Å². The molecule has 1 fully saturated rings. The van der Waals surface area contributed by atoms with Crippen LogP contribution < -0.4 is 5.73 Å². The zero-order valence-electron chi connectivity index (χ0n) is 8.09. The summed E-state index contributed by atoms with van der Waals surface area (Å²) in [6.07, 6.45) is 4.54. The third-order valence-corrected chi connectivity index (χ3v) is 4.63. The Morgan fingerprint density at radius 2 is 2.53 bits per heavy atom. The Kier molecular flexibility index (Phi) is 3.11. The molecule has 0 bridgehead atoms. The van der Waals surface area contributed by atoms with Gasteiger partial charge in [0, 0.05) is 12.2 Å². The highest BCUT2D eigenvalue weighted by molar-refractivity contribution is 8.00. The Morgan fingerprint density at radius 1 is 1.73 bits per heavy atom. The second-order valence-corrected chi connectivity index (χ2v) is 5.77. The number of hydrogen-bond donors (Lipinski definition) is 2. The van der Waals surface area contributed by atoms with Crippen molar-refractivity contribution in [3.05, 3.63) is 6.33 Å². The quantitative estimate of drug-likeness (QED) is 0.270. The van der Waals surface area contributed by atoms with Gasteiger partial charge in [-0.3, -0.25) is 0 Å². The summed E-state index contributed by atoms with van der Waals surface area (Å²) in [4.78, 5) is 4.11. The van der Waals surface area contributed by atoms with E-state index in [1.807, 2.05) is 0 Å². The zero-order chi connectivity index (χ0) is 10.7. The molecule has 7 heteroatoms. The number of oxime groups is 1. The second-order valence-electron chi connectivity index (χ2n) is 3.76. The Morgan fingerprint density at radius 3 is 3.07 bits per heavy atom. The van der Waals surface area contributed by atoms with E-state index in [1.165, 1.54) is 11.5 Å². The van der Waals surface area contributed by atoms with Crippen molar-refractivity contribution in [2.24, 2.45) is 16.3 Å². The van der Waals surface area contributed by atoms with Gasteiger partial charge in [-0.15, -0.1) is 0 Å². The third kappa shape index (κ3) is 2.82. The molecule has 0 unspecified atom stereocenters. The molecule has 3 N–H and O–H groups in total. The molecule has 0 saturated heterocycles. The number of rotatable bonds is 5. The van der Waals surface area contributed by atoms with Crippen LogP contribution in [0.4, 0.5) is 0 Å². The molecular weight excluding hydrogens is 232 g/mol. The van der Waals surface area contributed by atoms with Crippen LogP contribution in [-0.2, 0) is 0 Å². The fourth-order valence-electron chi connectivity index (χ4n) is 1.41. The average Bonchev–Trinajstić information content (AvgIpc) is 2.81. The minimum atomic E-state index is 0.229. The molecule has 0 radical (unpaired) electrons. The number of thioether (sulfide) groups is 1. The van der Waals surface area contributed by atoms with E-state index in [9.17, 15) is 0 Å². The van der Waals surface area contributed by atoms with E-state index in [-0.39, 0.29) is 5.41 Å². The maximum atomic E-state index is 8.51. The summed E-state index contributed by atoms with van der Waals surface area (Å²) in [6.45, 7) is 0. The van der Waals surface area contributed by atoms with Crippen LogP contribution in [0.3, 0.4) is 0 Å². The Hall–Kier alpha value is -0.820. The van der Waals surface area contributed by atoms with Gasteiger partial charge < -0.3 is 10.9 Å². The first kappa shape index (κ1) is 10.7. The molecule has 1 aromatic heterocycles. The molecular formula is C8H12N4OS2. The molecule has 82 valence electrons. The van der Waals surface area contributed by atoms with E-state index in [0.29, 0.717) is 12.3 Å². The second kappa shape index (κ2) is 4.36. The fraction of sp³-hybridized carbons (Fsp3) is 0.625. The van der Waals surface area contributed by atoms with E-state index < -0.39 is 0 Å². The van der Waals surface area contributed by atoms with Crippen LogP contribution in [-0.4, -0.2) is 26.2 Å². The predicted molar refractivity (Wildman–Crippen MR) is 60.3 cm³/mol. The SMILES string of the molecule is NC(CC1(CSc2ncns2)CC1)=NO. The van der Waals surface area contributed by atoms with Crippen LogP contribution in [0.5, 0.6) is 0 Å². The zero-order valence-corrected chi connectivity index (χ0v) is 9.72. The van der Waals surface area contributed by atoms with Crippen molar-refractivity contribution in [2.45, 2.75) is 23.6 Å². The Bertz CT molecular complexity index is 348. The Labute approximate surface area is 95.9 Å². The van der Waals surface area contributed by atoms with Gasteiger partial charge in [-0.05, 0) is 29.8 Å². The minimum Gasteiger partial charge on any atom is -0.409 e. The van der Waals surface area contributed by atoms with Crippen molar-refractivity contribution in [1.82, 2.24) is 9.36 Å². The van der Waals surface area contributed by atoms with Crippen LogP contribution in [0.1, 0.15) is 19.3 Å². The lowest BCUT2D eigenvalue weighted by Crippen LogP contribution is -2.19. The number of aromatic nitrogens is 2. The van der Waals surface area contributed by atoms with Gasteiger partial charge in [-0.2, -0.15) is 4.37 Å². The number of hydrogen-bond acceptors (Lipinski definition) is 6. The first-order chi connectivity index (χ1) is 7.24. The highest BCUT2D eigenvalue weighted by atomic mass is 32.2. The minimum absolute atomic E-state index is 0.229. The molecule has 0 amide bonds. The predicted octanol–water partition coefficient (Wildman–Crippen LogP) is 1.55. The largest absolute Gasteiger partial charge is 0.409 e. The van der Waals surface area contributed by atoms with E-state index in [4.69, 9.17) is 10.9 Å². The maximum absolute atomic E-state index is 8.51. The maximum Gasteiger partial charge on any atom is 0.169 e. The number of nitrogens with two attached hydrogens (primary N) is 1. The third-order valence-electron chi connectivity index (χ3n) is 2.48. The first-order valence-electron chi connectivity index (χ1n) is 4.60. The van der Waals surface area contributed by atoms with Crippen LogP contribution in [0, 0.1) is 5.41 Å². The van der Waals surface area contributed by atoms with Crippen LogP contribution >= 0.6 is 23.3 Å². The molecule has 0 atom stereocenters. The molecule has 15 heavy (non-hydrogen) atoms. The van der Waals surface area contributed by atoms with Gasteiger partial charge in [-0.1, -0.05) is 16.9 Å². The van der Waals surface area contributed by atoms with E-state index in [1.54, 1.807) is 18.1 Å². The summed E-state index contributed by atoms with van der Waals surface area (Å²) in [5, 5.41) is 11.5. The van der Waals surface area contributed by atoms with Crippen LogP contribution in [0.2, 0.25) is 0 Å². The van der Waals surface area contributed by atoms with Gasteiger partial charge in [0.25, 0.3) is 0 Å². The van der Waals surface area contributed by atoms with Gasteiger partial charge in [-0.25, -0.2) is 4.98 Å². The first-order valence-corrected chi connectivity index (χ1v) is 6.36. The number of amidine groups is 1. The summed E-state index contributed by atoms with van der Waals surface area (Å²) in [5.74, 6) is 1.30. The molecule has 1 aromatic rings. The molecule has 0 aliphatic heterocycles. The highest BCUT2D eigenvalue weighted by Crippen LogP contribution is 2.51. The standard InChI is InChI=1S/C8H12N4OS2/c9-6(12-13)3-8(1-2-8)4-14-7-10-5-11-15-7/h5,13H,1-4H2,(H2,9,12). The van der Waals surface area contributed by atoms with Crippen molar-refractivity contribution in [3.8, 4) is 0 Å². The highest BCUT2D eigenvalue weighted by Gasteiger charge is 2.43. The lowest BCUT2D eigenvalue weighted by Gasteiger charge is -2.11. The van der Waals surface area contributed by atoms with Crippen molar-refractivity contribution in [3.63, 3.8) is 0 Å². The summed E-state index contributed by atoms with van der Waals surface area (Å²) >= 11 is 3.11. The topological polar surface area (TPSA) is 84.4 Å². The summed E-state index contributed by atoms with van der Waals surface area (Å²) in [5.41, 5.74) is 5.74. The molecule has 1 aliphatic rings. The van der Waals surface area contributed by atoms with Crippen LogP contribution in [0.15, 0.2) is 15.8 Å². The van der Waals surface area contributed by atoms with Gasteiger partial charge >= 0.3 is 0 Å². The molecule has 0 aromatic carbocycles. The van der Waals surface area contributed by atoms with Gasteiger partial charge in [0.2, 0.25) is 0 Å². The summed E-state index contributed by atoms with van der Waals surface area (Å²) < 4.78 is 4.93. The Balaban J connectivity index is 1.84.